The van der Waals surface area contributed by atoms with Crippen molar-refractivity contribution in [3.8, 4) is 0 Å². The van der Waals surface area contributed by atoms with Crippen LogP contribution in [0.15, 0.2) is 24.3 Å². The van der Waals surface area contributed by atoms with Gasteiger partial charge in [0.1, 0.15) is 0 Å². The lowest BCUT2D eigenvalue weighted by Gasteiger charge is -2.35. The van der Waals surface area contributed by atoms with E-state index >= 15 is 0 Å². The van der Waals surface area contributed by atoms with E-state index in [4.69, 9.17) is 0 Å². The number of rotatable bonds is 1. The normalized spacial score (nSPS) is 26.9. The standard InChI is InChI=1S/C14H18BrN/c15-10-11-9-14(5-7-16-8-6-14)13-4-2-1-3-12(11)13/h1-4,11,16H,5-10H2/t11-/m0/s1. The van der Waals surface area contributed by atoms with Crippen LogP contribution in [0.5, 0.6) is 0 Å². The molecule has 2 heteroatoms. The summed E-state index contributed by atoms with van der Waals surface area (Å²) in [5.74, 6) is 0.731. The van der Waals surface area contributed by atoms with Crippen molar-refractivity contribution in [3.63, 3.8) is 0 Å². The highest BCUT2D eigenvalue weighted by atomic mass is 79.9. The van der Waals surface area contributed by atoms with Gasteiger partial charge in [-0.1, -0.05) is 40.2 Å². The van der Waals surface area contributed by atoms with Crippen LogP contribution in [0.2, 0.25) is 0 Å². The summed E-state index contributed by atoms with van der Waals surface area (Å²) in [4.78, 5) is 0. The fourth-order valence-corrected chi connectivity index (χ4v) is 4.12. The van der Waals surface area contributed by atoms with E-state index in [2.05, 4.69) is 45.5 Å². The highest BCUT2D eigenvalue weighted by Crippen LogP contribution is 2.51. The van der Waals surface area contributed by atoms with Gasteiger partial charge in [0.15, 0.2) is 0 Å². The van der Waals surface area contributed by atoms with Gasteiger partial charge in [-0.05, 0) is 54.8 Å². The van der Waals surface area contributed by atoms with E-state index in [0.717, 1.165) is 11.2 Å². The Morgan fingerprint density at radius 1 is 1.25 bits per heavy atom. The third-order valence-corrected chi connectivity index (χ3v) is 5.14. The number of alkyl halides is 1. The Labute approximate surface area is 106 Å². The molecule has 1 atom stereocenters. The van der Waals surface area contributed by atoms with Crippen LogP contribution in [0.25, 0.3) is 0 Å². The number of benzene rings is 1. The van der Waals surface area contributed by atoms with Gasteiger partial charge in [-0.25, -0.2) is 0 Å². The largest absolute Gasteiger partial charge is 0.317 e. The van der Waals surface area contributed by atoms with E-state index in [9.17, 15) is 0 Å². The summed E-state index contributed by atoms with van der Waals surface area (Å²) in [6.45, 7) is 2.37. The Morgan fingerprint density at radius 3 is 2.75 bits per heavy atom. The van der Waals surface area contributed by atoms with Crippen molar-refractivity contribution in [1.29, 1.82) is 0 Å². The van der Waals surface area contributed by atoms with Crippen LogP contribution < -0.4 is 5.32 Å². The topological polar surface area (TPSA) is 12.0 Å². The van der Waals surface area contributed by atoms with Crippen LogP contribution in [0.1, 0.15) is 36.3 Å². The number of hydrogen-bond donors (Lipinski definition) is 1. The van der Waals surface area contributed by atoms with Crippen molar-refractivity contribution >= 4 is 15.9 Å². The Morgan fingerprint density at radius 2 is 2.00 bits per heavy atom. The van der Waals surface area contributed by atoms with E-state index in [1.54, 1.807) is 11.1 Å². The first-order valence-electron chi connectivity index (χ1n) is 6.22. The van der Waals surface area contributed by atoms with E-state index in [1.165, 1.54) is 32.4 Å². The van der Waals surface area contributed by atoms with Crippen molar-refractivity contribution in [1.82, 2.24) is 5.32 Å². The van der Waals surface area contributed by atoms with Gasteiger partial charge in [0.2, 0.25) is 0 Å². The van der Waals surface area contributed by atoms with Gasteiger partial charge in [0.05, 0.1) is 0 Å². The molecule has 1 aromatic rings. The fraction of sp³-hybridized carbons (Fsp3) is 0.571. The summed E-state index contributed by atoms with van der Waals surface area (Å²) < 4.78 is 0. The molecular formula is C14H18BrN. The summed E-state index contributed by atoms with van der Waals surface area (Å²) in [7, 11) is 0. The van der Waals surface area contributed by atoms with Gasteiger partial charge in [-0.15, -0.1) is 0 Å². The molecule has 1 N–H and O–H groups in total. The van der Waals surface area contributed by atoms with Gasteiger partial charge in [-0.2, -0.15) is 0 Å². The number of halogens is 1. The number of fused-ring (bicyclic) bond motifs is 2. The van der Waals surface area contributed by atoms with Gasteiger partial charge < -0.3 is 5.32 Å². The molecule has 2 aliphatic rings. The minimum absolute atomic E-state index is 0.486. The molecule has 0 unspecified atom stereocenters. The first kappa shape index (κ1) is 10.8. The lowest BCUT2D eigenvalue weighted by atomic mass is 9.74. The summed E-state index contributed by atoms with van der Waals surface area (Å²) in [6.07, 6.45) is 3.97. The van der Waals surface area contributed by atoms with Gasteiger partial charge in [0, 0.05) is 5.33 Å². The first-order chi connectivity index (χ1) is 7.86. The fourth-order valence-electron chi connectivity index (χ4n) is 3.54. The number of piperidine rings is 1. The molecule has 16 heavy (non-hydrogen) atoms. The molecule has 1 saturated heterocycles. The van der Waals surface area contributed by atoms with Gasteiger partial charge in [-0.3, -0.25) is 0 Å². The number of hydrogen-bond acceptors (Lipinski definition) is 1. The highest BCUT2D eigenvalue weighted by molar-refractivity contribution is 9.09. The summed E-state index contributed by atoms with van der Waals surface area (Å²) >= 11 is 3.68. The second kappa shape index (κ2) is 4.15. The van der Waals surface area contributed by atoms with Crippen LogP contribution in [0.4, 0.5) is 0 Å². The van der Waals surface area contributed by atoms with Crippen LogP contribution in [0, 0.1) is 0 Å². The smallest absolute Gasteiger partial charge is 0.0101 e. The average molecular weight is 280 g/mol. The van der Waals surface area contributed by atoms with Gasteiger partial charge in [0.25, 0.3) is 0 Å². The maximum Gasteiger partial charge on any atom is 0.0101 e. The molecule has 1 heterocycles. The average Bonchev–Trinajstić information content (AvgIpc) is 2.66. The molecule has 0 aromatic heterocycles. The van der Waals surface area contributed by atoms with Crippen molar-refractivity contribution in [2.75, 3.05) is 18.4 Å². The molecule has 1 aliphatic heterocycles. The Balaban J connectivity index is 2.04. The predicted molar refractivity (Wildman–Crippen MR) is 71.4 cm³/mol. The minimum Gasteiger partial charge on any atom is -0.317 e. The van der Waals surface area contributed by atoms with Crippen LogP contribution in [-0.4, -0.2) is 18.4 Å². The summed E-state index contributed by atoms with van der Waals surface area (Å²) in [5, 5.41) is 4.60. The molecule has 1 nitrogen and oxygen atoms in total. The zero-order valence-electron chi connectivity index (χ0n) is 9.51. The van der Waals surface area contributed by atoms with Crippen LogP contribution in [0.3, 0.4) is 0 Å². The SMILES string of the molecule is BrC[C@@H]1CC2(CCNCC2)c2ccccc21. The van der Waals surface area contributed by atoms with Crippen LogP contribution >= 0.6 is 15.9 Å². The Bertz CT molecular complexity index is 382. The van der Waals surface area contributed by atoms with E-state index < -0.39 is 0 Å². The van der Waals surface area contributed by atoms with Crippen LogP contribution in [-0.2, 0) is 5.41 Å². The minimum atomic E-state index is 0.486. The lowest BCUT2D eigenvalue weighted by Crippen LogP contribution is -2.38. The molecule has 0 radical (unpaired) electrons. The molecule has 3 rings (SSSR count). The molecule has 1 aromatic carbocycles. The van der Waals surface area contributed by atoms with Crippen molar-refractivity contribution in [2.24, 2.45) is 0 Å². The van der Waals surface area contributed by atoms with E-state index in [1.807, 2.05) is 0 Å². The maximum atomic E-state index is 3.68. The molecule has 1 fully saturated rings. The molecule has 0 bridgehead atoms. The molecule has 1 aliphatic carbocycles. The van der Waals surface area contributed by atoms with Crippen molar-refractivity contribution in [3.05, 3.63) is 35.4 Å². The Kier molecular flexibility index (Phi) is 2.80. The molecule has 0 saturated carbocycles. The monoisotopic (exact) mass is 279 g/mol. The summed E-state index contributed by atoms with van der Waals surface area (Å²) in [6, 6.07) is 9.09. The molecule has 1 spiro atoms. The second-order valence-corrected chi connectivity index (χ2v) is 5.82. The van der Waals surface area contributed by atoms with E-state index in [0.29, 0.717) is 5.41 Å². The zero-order chi connectivity index (χ0) is 11.0. The van der Waals surface area contributed by atoms with E-state index in [-0.39, 0.29) is 0 Å². The lowest BCUT2D eigenvalue weighted by molar-refractivity contribution is 0.297. The molecular weight excluding hydrogens is 262 g/mol. The zero-order valence-corrected chi connectivity index (χ0v) is 11.1. The van der Waals surface area contributed by atoms with Gasteiger partial charge >= 0.3 is 0 Å². The third kappa shape index (κ3) is 1.54. The Hall–Kier alpha value is -0.340. The third-order valence-electron chi connectivity index (χ3n) is 4.36. The van der Waals surface area contributed by atoms with Crippen molar-refractivity contribution in [2.45, 2.75) is 30.6 Å². The summed E-state index contributed by atoms with van der Waals surface area (Å²) in [5.41, 5.74) is 3.72. The second-order valence-electron chi connectivity index (χ2n) is 5.17. The molecule has 86 valence electrons. The van der Waals surface area contributed by atoms with Crippen molar-refractivity contribution < 1.29 is 0 Å². The first-order valence-corrected chi connectivity index (χ1v) is 7.34. The highest BCUT2D eigenvalue weighted by Gasteiger charge is 2.43. The predicted octanol–water partition coefficient (Wildman–Crippen LogP) is 3.19. The quantitative estimate of drug-likeness (QED) is 0.779. The molecule has 0 amide bonds. The number of nitrogens with one attached hydrogen (secondary N) is 1. The maximum absolute atomic E-state index is 3.68.